The molecule has 0 aliphatic rings. The lowest BCUT2D eigenvalue weighted by Gasteiger charge is -2.18. The van der Waals surface area contributed by atoms with Crippen LogP contribution in [-0.4, -0.2) is 23.0 Å². The average molecular weight is 269 g/mol. The monoisotopic (exact) mass is 269 g/mol. The zero-order valence-corrected chi connectivity index (χ0v) is 12.1. The second-order valence-corrected chi connectivity index (χ2v) is 5.15. The second kappa shape index (κ2) is 5.78. The molecule has 2 rings (SSSR count). The number of aromatic hydroxyl groups is 1. The van der Waals surface area contributed by atoms with Gasteiger partial charge in [0.25, 0.3) is 5.91 Å². The smallest absolute Gasteiger partial charge is 0.253 e. The highest BCUT2D eigenvalue weighted by molar-refractivity contribution is 5.94. The van der Waals surface area contributed by atoms with E-state index in [9.17, 15) is 9.90 Å². The molecular weight excluding hydrogens is 250 g/mol. The van der Waals surface area contributed by atoms with Crippen LogP contribution in [0.4, 0.5) is 0 Å². The van der Waals surface area contributed by atoms with Gasteiger partial charge in [0.15, 0.2) is 0 Å². The molecule has 2 aromatic carbocycles. The van der Waals surface area contributed by atoms with Crippen LogP contribution in [0.1, 0.15) is 27.0 Å². The Labute approximate surface area is 119 Å². The maximum Gasteiger partial charge on any atom is 0.253 e. The molecule has 0 heterocycles. The quantitative estimate of drug-likeness (QED) is 0.929. The zero-order chi connectivity index (χ0) is 14.7. The summed E-state index contributed by atoms with van der Waals surface area (Å²) >= 11 is 0. The number of carbonyl (C=O) groups is 1. The maximum atomic E-state index is 12.3. The minimum Gasteiger partial charge on any atom is -0.508 e. The number of nitrogens with zero attached hydrogens (tertiary/aromatic N) is 1. The van der Waals surface area contributed by atoms with Gasteiger partial charge in [-0.3, -0.25) is 4.79 Å². The van der Waals surface area contributed by atoms with Crippen molar-refractivity contribution >= 4 is 5.91 Å². The number of phenols is 1. The number of amides is 1. The minimum absolute atomic E-state index is 0.0475. The van der Waals surface area contributed by atoms with Crippen LogP contribution in [0.5, 0.6) is 5.75 Å². The fourth-order valence-corrected chi connectivity index (χ4v) is 2.05. The summed E-state index contributed by atoms with van der Waals surface area (Å²) in [6.45, 7) is 4.39. The van der Waals surface area contributed by atoms with Crippen LogP contribution in [0.3, 0.4) is 0 Å². The highest BCUT2D eigenvalue weighted by Crippen LogP contribution is 2.18. The van der Waals surface area contributed by atoms with Gasteiger partial charge in [0.1, 0.15) is 5.75 Å². The van der Waals surface area contributed by atoms with E-state index in [1.165, 1.54) is 5.56 Å². The van der Waals surface area contributed by atoms with Crippen molar-refractivity contribution in [3.05, 3.63) is 64.7 Å². The van der Waals surface area contributed by atoms with Gasteiger partial charge in [-0.15, -0.1) is 0 Å². The topological polar surface area (TPSA) is 40.5 Å². The largest absolute Gasteiger partial charge is 0.508 e. The summed E-state index contributed by atoms with van der Waals surface area (Å²) in [6.07, 6.45) is 0. The van der Waals surface area contributed by atoms with Gasteiger partial charge in [-0.05, 0) is 43.2 Å². The zero-order valence-electron chi connectivity index (χ0n) is 12.1. The van der Waals surface area contributed by atoms with Crippen LogP contribution in [0.15, 0.2) is 42.5 Å². The molecule has 1 N–H and O–H groups in total. The first-order valence-electron chi connectivity index (χ1n) is 6.58. The first-order chi connectivity index (χ1) is 9.47. The van der Waals surface area contributed by atoms with Crippen molar-refractivity contribution in [2.45, 2.75) is 20.4 Å². The predicted octanol–water partition coefficient (Wildman–Crippen LogP) is 3.28. The van der Waals surface area contributed by atoms with Gasteiger partial charge in [0, 0.05) is 19.2 Å². The molecular formula is C17H19NO2. The summed E-state index contributed by atoms with van der Waals surface area (Å²) in [5, 5.41) is 9.50. The summed E-state index contributed by atoms with van der Waals surface area (Å²) in [6, 6.07) is 13.1. The molecule has 3 heteroatoms. The molecule has 20 heavy (non-hydrogen) atoms. The third kappa shape index (κ3) is 3.18. The van der Waals surface area contributed by atoms with E-state index < -0.39 is 0 Å². The van der Waals surface area contributed by atoms with Crippen molar-refractivity contribution in [3.63, 3.8) is 0 Å². The molecule has 104 valence electrons. The van der Waals surface area contributed by atoms with Crippen LogP contribution < -0.4 is 0 Å². The molecule has 0 atom stereocenters. The fraction of sp³-hybridized carbons (Fsp3) is 0.235. The number of hydrogen-bond acceptors (Lipinski definition) is 2. The first-order valence-corrected chi connectivity index (χ1v) is 6.58. The third-order valence-corrected chi connectivity index (χ3v) is 3.33. The van der Waals surface area contributed by atoms with Gasteiger partial charge in [-0.1, -0.05) is 29.8 Å². The molecule has 0 saturated heterocycles. The SMILES string of the molecule is Cc1ccc(CN(C)C(=O)c2ccc(O)c(C)c2)cc1. The van der Waals surface area contributed by atoms with Gasteiger partial charge in [-0.2, -0.15) is 0 Å². The minimum atomic E-state index is -0.0475. The van der Waals surface area contributed by atoms with E-state index >= 15 is 0 Å². The van der Waals surface area contributed by atoms with Crippen molar-refractivity contribution in [2.24, 2.45) is 0 Å². The van der Waals surface area contributed by atoms with Crippen molar-refractivity contribution in [2.75, 3.05) is 7.05 Å². The highest BCUT2D eigenvalue weighted by Gasteiger charge is 2.13. The molecule has 3 nitrogen and oxygen atoms in total. The standard InChI is InChI=1S/C17H19NO2/c1-12-4-6-14(7-5-12)11-18(3)17(20)15-8-9-16(19)13(2)10-15/h4-10,19H,11H2,1-3H3. The highest BCUT2D eigenvalue weighted by atomic mass is 16.3. The summed E-state index contributed by atoms with van der Waals surface area (Å²) in [7, 11) is 1.78. The molecule has 0 aromatic heterocycles. The Bertz CT molecular complexity index is 617. The number of hydrogen-bond donors (Lipinski definition) is 1. The van der Waals surface area contributed by atoms with E-state index in [1.807, 2.05) is 31.2 Å². The Morgan fingerprint density at radius 3 is 2.35 bits per heavy atom. The van der Waals surface area contributed by atoms with Crippen LogP contribution in [0.2, 0.25) is 0 Å². The lowest BCUT2D eigenvalue weighted by atomic mass is 10.1. The molecule has 0 aliphatic carbocycles. The predicted molar refractivity (Wildman–Crippen MR) is 79.8 cm³/mol. The van der Waals surface area contributed by atoms with Crippen molar-refractivity contribution < 1.29 is 9.90 Å². The van der Waals surface area contributed by atoms with E-state index in [1.54, 1.807) is 37.1 Å². The number of phenolic OH excluding ortho intramolecular Hbond substituents is 1. The van der Waals surface area contributed by atoms with E-state index in [2.05, 4.69) is 0 Å². The molecule has 0 aliphatic heterocycles. The summed E-state index contributed by atoms with van der Waals surface area (Å²) in [5.74, 6) is 0.163. The Morgan fingerprint density at radius 1 is 1.10 bits per heavy atom. The van der Waals surface area contributed by atoms with Gasteiger partial charge >= 0.3 is 0 Å². The van der Waals surface area contributed by atoms with E-state index in [4.69, 9.17) is 0 Å². The molecule has 0 fully saturated rings. The number of rotatable bonds is 3. The van der Waals surface area contributed by atoms with Gasteiger partial charge < -0.3 is 10.0 Å². The molecule has 1 amide bonds. The Balaban J connectivity index is 2.11. The molecule has 0 unspecified atom stereocenters. The van der Waals surface area contributed by atoms with E-state index in [-0.39, 0.29) is 11.7 Å². The van der Waals surface area contributed by atoms with Crippen LogP contribution in [-0.2, 0) is 6.54 Å². The third-order valence-electron chi connectivity index (χ3n) is 3.33. The fourth-order valence-electron chi connectivity index (χ4n) is 2.05. The maximum absolute atomic E-state index is 12.3. The molecule has 0 saturated carbocycles. The summed E-state index contributed by atoms with van der Waals surface area (Å²) in [4.78, 5) is 14.0. The molecule has 0 spiro atoms. The molecule has 0 bridgehead atoms. The van der Waals surface area contributed by atoms with Gasteiger partial charge in [0.2, 0.25) is 0 Å². The Morgan fingerprint density at radius 2 is 1.75 bits per heavy atom. The lowest BCUT2D eigenvalue weighted by Crippen LogP contribution is -2.26. The van der Waals surface area contributed by atoms with Crippen LogP contribution in [0.25, 0.3) is 0 Å². The average Bonchev–Trinajstić information content (AvgIpc) is 2.43. The summed E-state index contributed by atoms with van der Waals surface area (Å²) in [5.41, 5.74) is 3.60. The summed E-state index contributed by atoms with van der Waals surface area (Å²) < 4.78 is 0. The van der Waals surface area contributed by atoms with Gasteiger partial charge in [-0.25, -0.2) is 0 Å². The Kier molecular flexibility index (Phi) is 4.08. The van der Waals surface area contributed by atoms with Crippen LogP contribution in [0, 0.1) is 13.8 Å². The first kappa shape index (κ1) is 14.1. The number of carbonyl (C=O) groups excluding carboxylic acids is 1. The number of benzene rings is 2. The van der Waals surface area contributed by atoms with E-state index in [0.717, 1.165) is 5.56 Å². The second-order valence-electron chi connectivity index (χ2n) is 5.15. The molecule has 2 aromatic rings. The Hall–Kier alpha value is -2.29. The molecule has 0 radical (unpaired) electrons. The number of aryl methyl sites for hydroxylation is 2. The normalized spacial score (nSPS) is 10.3. The van der Waals surface area contributed by atoms with Crippen LogP contribution >= 0.6 is 0 Å². The van der Waals surface area contributed by atoms with Gasteiger partial charge in [0.05, 0.1) is 0 Å². The van der Waals surface area contributed by atoms with Crippen molar-refractivity contribution in [1.29, 1.82) is 0 Å². The lowest BCUT2D eigenvalue weighted by molar-refractivity contribution is 0.0785. The van der Waals surface area contributed by atoms with E-state index in [0.29, 0.717) is 17.7 Å². The van der Waals surface area contributed by atoms with Crippen molar-refractivity contribution in [3.8, 4) is 5.75 Å². The van der Waals surface area contributed by atoms with Crippen molar-refractivity contribution in [1.82, 2.24) is 4.90 Å².